The Kier molecular flexibility index (Phi) is 6.15. The number of phenols is 1. The van der Waals surface area contributed by atoms with Crippen LogP contribution < -0.4 is 10.7 Å². The molecule has 0 radical (unpaired) electrons. The van der Waals surface area contributed by atoms with Gasteiger partial charge in [-0.2, -0.15) is 5.10 Å². The Bertz CT molecular complexity index is 1780. The molecule has 5 aromatic rings. The van der Waals surface area contributed by atoms with Gasteiger partial charge >= 0.3 is 0 Å². The van der Waals surface area contributed by atoms with E-state index in [1.807, 2.05) is 37.3 Å². The maximum Gasteiger partial charge on any atom is 0.291 e. The summed E-state index contributed by atoms with van der Waals surface area (Å²) in [7, 11) is 0. The third-order valence-corrected chi connectivity index (χ3v) is 7.30. The largest absolute Gasteiger partial charge is 0.508 e. The van der Waals surface area contributed by atoms with Crippen LogP contribution in [0, 0.1) is 6.92 Å². The predicted molar refractivity (Wildman–Crippen MR) is 152 cm³/mol. The number of para-hydroxylation sites is 1. The molecule has 0 unspecified atom stereocenters. The number of nitrogens with one attached hydrogen (secondary N) is 2. The van der Waals surface area contributed by atoms with Crippen molar-refractivity contribution < 1.29 is 19.1 Å². The van der Waals surface area contributed by atoms with Crippen LogP contribution in [0.15, 0.2) is 76.2 Å². The van der Waals surface area contributed by atoms with Gasteiger partial charge in [0.15, 0.2) is 5.76 Å². The zero-order valence-electron chi connectivity index (χ0n) is 21.7. The van der Waals surface area contributed by atoms with Crippen LogP contribution in [0.5, 0.6) is 5.75 Å². The molecule has 0 atom stereocenters. The van der Waals surface area contributed by atoms with E-state index in [0.717, 1.165) is 40.3 Å². The van der Waals surface area contributed by atoms with Gasteiger partial charge in [0.2, 0.25) is 0 Å². The van der Waals surface area contributed by atoms with E-state index in [1.54, 1.807) is 0 Å². The van der Waals surface area contributed by atoms with Gasteiger partial charge in [0.05, 0.1) is 5.71 Å². The van der Waals surface area contributed by atoms with Gasteiger partial charge in [-0.15, -0.1) is 0 Å². The fourth-order valence-corrected chi connectivity index (χ4v) is 5.45. The van der Waals surface area contributed by atoms with Crippen molar-refractivity contribution in [2.24, 2.45) is 5.10 Å². The summed E-state index contributed by atoms with van der Waals surface area (Å²) >= 11 is 0. The van der Waals surface area contributed by atoms with Gasteiger partial charge in [0.25, 0.3) is 11.8 Å². The van der Waals surface area contributed by atoms with Gasteiger partial charge in [-0.05, 0) is 75.2 Å². The van der Waals surface area contributed by atoms with E-state index in [1.165, 1.54) is 24.3 Å². The molecule has 0 spiro atoms. The number of benzene rings is 3. The van der Waals surface area contributed by atoms with E-state index < -0.39 is 0 Å². The van der Waals surface area contributed by atoms with Gasteiger partial charge in [-0.3, -0.25) is 9.59 Å². The number of amides is 2. The molecule has 0 bridgehead atoms. The summed E-state index contributed by atoms with van der Waals surface area (Å²) in [6, 6.07) is 20.2. The molecule has 0 saturated carbocycles. The van der Waals surface area contributed by atoms with Crippen LogP contribution in [-0.2, 0) is 13.0 Å². The molecule has 6 rings (SSSR count). The number of nitrogens with zero attached hydrogens (tertiary/aromatic N) is 2. The Morgan fingerprint density at radius 2 is 1.74 bits per heavy atom. The highest BCUT2D eigenvalue weighted by Crippen LogP contribution is 2.33. The molecule has 2 aromatic heterocycles. The maximum atomic E-state index is 13.4. The number of aromatic nitrogens is 1. The van der Waals surface area contributed by atoms with E-state index in [9.17, 15) is 14.7 Å². The Morgan fingerprint density at radius 3 is 2.54 bits per heavy atom. The first-order valence-electron chi connectivity index (χ1n) is 13.1. The number of hydrogen-bond donors (Lipinski definition) is 3. The quantitative estimate of drug-likeness (QED) is 0.242. The molecule has 2 heterocycles. The summed E-state index contributed by atoms with van der Waals surface area (Å²) in [5.74, 6) is 0.322. The standard InChI is InChI=1S/C31H28N4O4/c1-3-35-25-9-5-4-7-22(25)23-17-20(13-16-26(23)35)32-31(38)29-18(2)28-24(8-6-10-27(28)39-29)33-34-30(37)19-11-14-21(36)15-12-19/h4-5,7,9,11-17,36H,3,6,8,10H2,1-2H3,(H,32,38)(H,34,37)/b33-24+. The molecule has 3 aromatic carbocycles. The molecule has 8 heteroatoms. The summed E-state index contributed by atoms with van der Waals surface area (Å²) in [6.07, 6.45) is 2.15. The molecule has 196 valence electrons. The van der Waals surface area contributed by atoms with Crippen LogP contribution in [0.3, 0.4) is 0 Å². The number of carbonyl (C=O) groups excluding carboxylic acids is 2. The maximum absolute atomic E-state index is 13.4. The van der Waals surface area contributed by atoms with Crippen LogP contribution in [0.2, 0.25) is 0 Å². The average molecular weight is 521 g/mol. The van der Waals surface area contributed by atoms with Gasteiger partial charge in [-0.1, -0.05) is 18.2 Å². The molecule has 0 aliphatic heterocycles. The molecule has 2 amide bonds. The van der Waals surface area contributed by atoms with Crippen molar-refractivity contribution in [3.05, 3.63) is 94.9 Å². The monoisotopic (exact) mass is 520 g/mol. The lowest BCUT2D eigenvalue weighted by atomic mass is 9.93. The van der Waals surface area contributed by atoms with Crippen molar-refractivity contribution >= 4 is 45.0 Å². The number of furan rings is 1. The molecule has 0 saturated heterocycles. The average Bonchev–Trinajstić information content (AvgIpc) is 3.46. The number of carbonyl (C=O) groups is 2. The van der Waals surface area contributed by atoms with Crippen LogP contribution in [0.1, 0.15) is 57.6 Å². The summed E-state index contributed by atoms with van der Waals surface area (Å²) < 4.78 is 8.31. The van der Waals surface area contributed by atoms with Crippen LogP contribution in [-0.4, -0.2) is 27.2 Å². The number of aryl methyl sites for hydroxylation is 2. The molecule has 1 aliphatic carbocycles. The van der Waals surface area contributed by atoms with Crippen molar-refractivity contribution in [2.45, 2.75) is 39.7 Å². The van der Waals surface area contributed by atoms with E-state index >= 15 is 0 Å². The van der Waals surface area contributed by atoms with Crippen molar-refractivity contribution in [2.75, 3.05) is 5.32 Å². The van der Waals surface area contributed by atoms with Gasteiger partial charge in [-0.25, -0.2) is 5.43 Å². The minimum Gasteiger partial charge on any atom is -0.508 e. The van der Waals surface area contributed by atoms with Gasteiger partial charge in [0, 0.05) is 57.1 Å². The first-order chi connectivity index (χ1) is 18.9. The molecular weight excluding hydrogens is 492 g/mol. The van der Waals surface area contributed by atoms with Gasteiger partial charge in [0.1, 0.15) is 11.5 Å². The SMILES string of the molecule is CCn1c2ccccc2c2cc(NC(=O)c3oc4c(c3C)/C(=N/NC(=O)c3ccc(O)cc3)CCC4)ccc21. The second-order valence-electron chi connectivity index (χ2n) is 9.70. The van der Waals surface area contributed by atoms with E-state index in [4.69, 9.17) is 4.42 Å². The number of aromatic hydroxyl groups is 1. The number of phenolic OH excluding ortho intramolecular Hbond substituents is 1. The fraction of sp³-hybridized carbons (Fsp3) is 0.194. The summed E-state index contributed by atoms with van der Waals surface area (Å²) in [6.45, 7) is 4.82. The molecule has 1 aliphatic rings. The van der Waals surface area contributed by atoms with Gasteiger partial charge < -0.3 is 19.4 Å². The molecule has 3 N–H and O–H groups in total. The zero-order chi connectivity index (χ0) is 27.1. The first kappa shape index (κ1) is 24.5. The topological polar surface area (TPSA) is 109 Å². The normalized spacial score (nSPS) is 14.1. The minimum absolute atomic E-state index is 0.0854. The van der Waals surface area contributed by atoms with Crippen molar-refractivity contribution in [1.29, 1.82) is 0 Å². The Morgan fingerprint density at radius 1 is 0.974 bits per heavy atom. The van der Waals surface area contributed by atoms with E-state index in [-0.39, 0.29) is 23.3 Å². The molecule has 0 fully saturated rings. The molecule has 39 heavy (non-hydrogen) atoms. The highest BCUT2D eigenvalue weighted by Gasteiger charge is 2.28. The predicted octanol–water partition coefficient (Wildman–Crippen LogP) is 6.14. The summed E-state index contributed by atoms with van der Waals surface area (Å²) in [4.78, 5) is 25.9. The fourth-order valence-electron chi connectivity index (χ4n) is 5.45. The number of hydrazone groups is 1. The number of fused-ring (bicyclic) bond motifs is 4. The van der Waals surface area contributed by atoms with Crippen molar-refractivity contribution in [3.8, 4) is 5.75 Å². The number of anilines is 1. The number of hydrogen-bond acceptors (Lipinski definition) is 5. The van der Waals surface area contributed by atoms with Crippen molar-refractivity contribution in [1.82, 2.24) is 9.99 Å². The Labute approximate surface area is 224 Å². The van der Waals surface area contributed by atoms with Crippen LogP contribution >= 0.6 is 0 Å². The summed E-state index contributed by atoms with van der Waals surface area (Å²) in [5.41, 5.74) is 8.11. The Hall–Kier alpha value is -4.85. The Balaban J connectivity index is 1.27. The third kappa shape index (κ3) is 4.33. The van der Waals surface area contributed by atoms with E-state index in [2.05, 4.69) is 39.5 Å². The third-order valence-electron chi connectivity index (χ3n) is 7.30. The molecular formula is C31H28N4O4. The number of rotatable bonds is 5. The second kappa shape index (κ2) is 9.79. The summed E-state index contributed by atoms with van der Waals surface area (Å²) in [5, 5.41) is 19.1. The lowest BCUT2D eigenvalue weighted by Crippen LogP contribution is -2.22. The zero-order valence-corrected chi connectivity index (χ0v) is 21.7. The highest BCUT2D eigenvalue weighted by atomic mass is 16.4. The second-order valence-corrected chi connectivity index (χ2v) is 9.70. The lowest BCUT2D eigenvalue weighted by Gasteiger charge is -2.13. The smallest absolute Gasteiger partial charge is 0.291 e. The van der Waals surface area contributed by atoms with E-state index in [0.29, 0.717) is 41.1 Å². The lowest BCUT2D eigenvalue weighted by molar-refractivity contribution is 0.0953. The minimum atomic E-state index is -0.381. The highest BCUT2D eigenvalue weighted by molar-refractivity contribution is 6.12. The molecule has 8 nitrogen and oxygen atoms in total. The van der Waals surface area contributed by atoms with Crippen LogP contribution in [0.4, 0.5) is 5.69 Å². The van der Waals surface area contributed by atoms with Crippen LogP contribution in [0.25, 0.3) is 21.8 Å². The first-order valence-corrected chi connectivity index (χ1v) is 13.1. The van der Waals surface area contributed by atoms with Crippen molar-refractivity contribution in [3.63, 3.8) is 0 Å².